The van der Waals surface area contributed by atoms with E-state index in [1.165, 1.54) is 30.3 Å². The summed E-state index contributed by atoms with van der Waals surface area (Å²) in [4.78, 5) is 13.7. The highest BCUT2D eigenvalue weighted by atomic mass is 19.1. The summed E-state index contributed by atoms with van der Waals surface area (Å²) in [6, 6.07) is 7.27. The van der Waals surface area contributed by atoms with E-state index in [-0.39, 0.29) is 28.7 Å². The van der Waals surface area contributed by atoms with Gasteiger partial charge in [0.1, 0.15) is 17.5 Å². The summed E-state index contributed by atoms with van der Waals surface area (Å²) in [5.74, 6) is -3.86. The molecular formula is C24H27F3N2O2. The Morgan fingerprint density at radius 2 is 1.55 bits per heavy atom. The smallest absolute Gasteiger partial charge is 0.168 e. The molecule has 2 unspecified atom stereocenters. The number of hydrogen-bond donors (Lipinski definition) is 3. The summed E-state index contributed by atoms with van der Waals surface area (Å²) in [6.07, 6.45) is 0. The maximum Gasteiger partial charge on any atom is 0.168 e. The van der Waals surface area contributed by atoms with Crippen molar-refractivity contribution in [3.8, 4) is 0 Å². The molecule has 3 N–H and O–H groups in total. The predicted octanol–water partition coefficient (Wildman–Crippen LogP) is 3.35. The third kappa shape index (κ3) is 3.79. The first-order valence-electron chi connectivity index (χ1n) is 10.7. The minimum Gasteiger partial charge on any atom is -0.384 e. The van der Waals surface area contributed by atoms with Crippen molar-refractivity contribution in [2.24, 2.45) is 17.8 Å². The van der Waals surface area contributed by atoms with E-state index in [1.54, 1.807) is 0 Å². The standard InChI is InChI=1S/C24H27F3N2O2/c1-13-9-28-10-14(2)24(13,31)21-6-4-15(25)7-18(21)23(30)20-12-29-11-19(20)17-5-3-16(26)8-22(17)27/h3-8,13-14,19-20,28-29,31H,9-12H2,1-2H3/t13?,14?,19-,20+,24?/m0/s1. The summed E-state index contributed by atoms with van der Waals surface area (Å²) >= 11 is 0. The lowest BCUT2D eigenvalue weighted by Crippen LogP contribution is -2.53. The molecule has 7 heteroatoms. The van der Waals surface area contributed by atoms with Gasteiger partial charge < -0.3 is 15.7 Å². The predicted molar refractivity (Wildman–Crippen MR) is 111 cm³/mol. The Morgan fingerprint density at radius 3 is 2.23 bits per heavy atom. The molecule has 0 aromatic heterocycles. The van der Waals surface area contributed by atoms with Gasteiger partial charge in [0, 0.05) is 61.5 Å². The van der Waals surface area contributed by atoms with Gasteiger partial charge in [-0.15, -0.1) is 0 Å². The number of piperidine rings is 1. The zero-order valence-electron chi connectivity index (χ0n) is 17.6. The van der Waals surface area contributed by atoms with Crippen molar-refractivity contribution in [2.45, 2.75) is 25.4 Å². The zero-order chi connectivity index (χ0) is 22.3. The lowest BCUT2D eigenvalue weighted by atomic mass is 9.69. The lowest BCUT2D eigenvalue weighted by molar-refractivity contribution is -0.0811. The van der Waals surface area contributed by atoms with Crippen molar-refractivity contribution in [2.75, 3.05) is 26.2 Å². The van der Waals surface area contributed by atoms with Crippen molar-refractivity contribution < 1.29 is 23.1 Å². The molecule has 4 nitrogen and oxygen atoms in total. The molecule has 2 aromatic rings. The van der Waals surface area contributed by atoms with Gasteiger partial charge in [0.15, 0.2) is 5.78 Å². The molecule has 2 fully saturated rings. The third-order valence-corrected chi connectivity index (χ3v) is 7.00. The van der Waals surface area contributed by atoms with Crippen molar-refractivity contribution in [3.05, 3.63) is 70.5 Å². The van der Waals surface area contributed by atoms with Gasteiger partial charge in [-0.3, -0.25) is 4.79 Å². The number of carbonyl (C=O) groups is 1. The summed E-state index contributed by atoms with van der Waals surface area (Å²) < 4.78 is 42.1. The summed E-state index contributed by atoms with van der Waals surface area (Å²) in [7, 11) is 0. The number of hydrogen-bond acceptors (Lipinski definition) is 4. The molecule has 2 aromatic carbocycles. The zero-order valence-corrected chi connectivity index (χ0v) is 17.6. The molecule has 31 heavy (non-hydrogen) atoms. The molecule has 2 saturated heterocycles. The van der Waals surface area contributed by atoms with Gasteiger partial charge in [0.05, 0.1) is 5.60 Å². The molecule has 0 aliphatic carbocycles. The van der Waals surface area contributed by atoms with Crippen molar-refractivity contribution in [3.63, 3.8) is 0 Å². The van der Waals surface area contributed by atoms with Gasteiger partial charge in [-0.25, -0.2) is 13.2 Å². The van der Waals surface area contributed by atoms with Gasteiger partial charge >= 0.3 is 0 Å². The van der Waals surface area contributed by atoms with E-state index in [0.717, 1.165) is 6.07 Å². The Hall–Kier alpha value is -2.22. The highest BCUT2D eigenvalue weighted by molar-refractivity contribution is 6.00. The Balaban J connectivity index is 1.76. The van der Waals surface area contributed by atoms with Gasteiger partial charge in [-0.05, 0) is 29.3 Å². The van der Waals surface area contributed by atoms with E-state index in [0.29, 0.717) is 31.7 Å². The van der Waals surface area contributed by atoms with Crippen LogP contribution in [0.3, 0.4) is 0 Å². The van der Waals surface area contributed by atoms with Crippen LogP contribution in [0.5, 0.6) is 0 Å². The summed E-state index contributed by atoms with van der Waals surface area (Å²) in [5, 5.41) is 18.0. The van der Waals surface area contributed by atoms with Crippen LogP contribution >= 0.6 is 0 Å². The summed E-state index contributed by atoms with van der Waals surface area (Å²) in [6.45, 7) is 5.58. The Kier molecular flexibility index (Phi) is 5.94. The second kappa shape index (κ2) is 8.37. The first-order valence-corrected chi connectivity index (χ1v) is 10.7. The van der Waals surface area contributed by atoms with E-state index in [4.69, 9.17) is 0 Å². The Bertz CT molecular complexity index is 987. The van der Waals surface area contributed by atoms with E-state index in [1.807, 2.05) is 13.8 Å². The Morgan fingerprint density at radius 1 is 0.935 bits per heavy atom. The number of nitrogens with one attached hydrogen (secondary N) is 2. The fourth-order valence-corrected chi connectivity index (χ4v) is 5.20. The van der Waals surface area contributed by atoms with E-state index in [2.05, 4.69) is 10.6 Å². The highest BCUT2D eigenvalue weighted by Gasteiger charge is 2.46. The molecule has 0 saturated carbocycles. The third-order valence-electron chi connectivity index (χ3n) is 7.00. The maximum atomic E-state index is 14.5. The average molecular weight is 432 g/mol. The number of benzene rings is 2. The minimum absolute atomic E-state index is 0.129. The number of Topliss-reactive ketones (excluding diaryl/α,β-unsaturated/α-hetero) is 1. The van der Waals surface area contributed by atoms with Crippen LogP contribution in [0.4, 0.5) is 13.2 Å². The number of carbonyl (C=O) groups excluding carboxylic acids is 1. The number of rotatable bonds is 4. The molecule has 0 amide bonds. The summed E-state index contributed by atoms with van der Waals surface area (Å²) in [5.41, 5.74) is -0.507. The van der Waals surface area contributed by atoms with Gasteiger partial charge in [0.25, 0.3) is 0 Å². The minimum atomic E-state index is -1.30. The molecule has 2 heterocycles. The Labute approximate surface area is 179 Å². The number of ketones is 1. The molecule has 4 rings (SSSR count). The van der Waals surface area contributed by atoms with Gasteiger partial charge in [-0.1, -0.05) is 26.0 Å². The van der Waals surface area contributed by atoms with Crippen LogP contribution in [0.2, 0.25) is 0 Å². The second-order valence-electron chi connectivity index (χ2n) is 8.88. The monoisotopic (exact) mass is 432 g/mol. The average Bonchev–Trinajstić information content (AvgIpc) is 3.21. The molecule has 0 bridgehead atoms. The highest BCUT2D eigenvalue weighted by Crippen LogP contribution is 2.42. The number of halogens is 3. The van der Waals surface area contributed by atoms with Gasteiger partial charge in [-0.2, -0.15) is 0 Å². The molecule has 4 atom stereocenters. The SMILES string of the molecule is CC1CNCC(C)C1(O)c1ccc(F)cc1C(=O)[C@@H]1CNC[C@H]1c1ccc(F)cc1F. The normalized spacial score (nSPS) is 31.0. The largest absolute Gasteiger partial charge is 0.384 e. The fraction of sp³-hybridized carbons (Fsp3) is 0.458. The quantitative estimate of drug-likeness (QED) is 0.649. The van der Waals surface area contributed by atoms with Crippen molar-refractivity contribution in [1.82, 2.24) is 10.6 Å². The van der Waals surface area contributed by atoms with Crippen LogP contribution in [-0.2, 0) is 5.60 Å². The van der Waals surface area contributed by atoms with E-state index >= 15 is 0 Å². The molecular weight excluding hydrogens is 405 g/mol. The molecule has 2 aliphatic heterocycles. The fourth-order valence-electron chi connectivity index (χ4n) is 5.20. The van der Waals surface area contributed by atoms with E-state index in [9.17, 15) is 23.1 Å². The molecule has 0 spiro atoms. The second-order valence-corrected chi connectivity index (χ2v) is 8.88. The van der Waals surface area contributed by atoms with E-state index < -0.39 is 34.9 Å². The topological polar surface area (TPSA) is 61.4 Å². The van der Waals surface area contributed by atoms with Crippen LogP contribution < -0.4 is 10.6 Å². The first-order chi connectivity index (χ1) is 14.7. The van der Waals surface area contributed by atoms with Crippen LogP contribution in [0, 0.1) is 35.2 Å². The molecule has 166 valence electrons. The van der Waals surface area contributed by atoms with Crippen molar-refractivity contribution >= 4 is 5.78 Å². The molecule has 0 radical (unpaired) electrons. The van der Waals surface area contributed by atoms with Crippen LogP contribution in [0.25, 0.3) is 0 Å². The number of aliphatic hydroxyl groups is 1. The van der Waals surface area contributed by atoms with Crippen LogP contribution in [-0.4, -0.2) is 37.1 Å². The first kappa shape index (κ1) is 22.0. The van der Waals surface area contributed by atoms with Crippen molar-refractivity contribution in [1.29, 1.82) is 0 Å². The molecule has 2 aliphatic rings. The van der Waals surface area contributed by atoms with Crippen LogP contribution in [0.1, 0.15) is 41.3 Å². The maximum absolute atomic E-state index is 14.5. The van der Waals surface area contributed by atoms with Gasteiger partial charge in [0.2, 0.25) is 0 Å². The lowest BCUT2D eigenvalue weighted by Gasteiger charge is -2.45. The van der Waals surface area contributed by atoms with Crippen LogP contribution in [0.15, 0.2) is 36.4 Å².